The van der Waals surface area contributed by atoms with Gasteiger partial charge < -0.3 is 4.74 Å². The quantitative estimate of drug-likeness (QED) is 0.481. The lowest BCUT2D eigenvalue weighted by atomic mass is 10.2. The van der Waals surface area contributed by atoms with E-state index in [-0.39, 0.29) is 11.2 Å². The number of methoxy groups -OCH3 is 1. The number of para-hydroxylation sites is 1. The fourth-order valence-corrected chi connectivity index (χ4v) is 2.63. The molecule has 1 aromatic carbocycles. The topological polar surface area (TPSA) is 52.1 Å². The highest BCUT2D eigenvalue weighted by Crippen LogP contribution is 2.28. The normalized spacial score (nSPS) is 12.3. The number of rotatable bonds is 4. The van der Waals surface area contributed by atoms with Crippen LogP contribution in [-0.4, -0.2) is 28.3 Å². The van der Waals surface area contributed by atoms with Gasteiger partial charge in [0.15, 0.2) is 0 Å². The average Bonchev–Trinajstić information content (AvgIpc) is 2.39. The highest BCUT2D eigenvalue weighted by molar-refractivity contribution is 8.00. The van der Waals surface area contributed by atoms with Crippen molar-refractivity contribution in [3.05, 3.63) is 30.6 Å². The number of hydrogen-bond acceptors (Lipinski definition) is 5. The fraction of sp³-hybridized carbons (Fsp3) is 0.308. The summed E-state index contributed by atoms with van der Waals surface area (Å²) in [6.45, 7) is 1.98. The van der Waals surface area contributed by atoms with E-state index in [4.69, 9.17) is 0 Å². The Morgan fingerprint density at radius 2 is 2.17 bits per heavy atom. The molecular weight excluding hydrogens is 248 g/mol. The molecule has 0 amide bonds. The number of carbonyl (C=O) groups excluding carboxylic acids is 1. The summed E-state index contributed by atoms with van der Waals surface area (Å²) in [7, 11) is 1.40. The molecule has 1 heterocycles. The van der Waals surface area contributed by atoms with Crippen molar-refractivity contribution in [2.75, 3.05) is 7.11 Å². The van der Waals surface area contributed by atoms with E-state index in [9.17, 15) is 4.79 Å². The van der Waals surface area contributed by atoms with Gasteiger partial charge in [0.25, 0.3) is 0 Å². The Morgan fingerprint density at radius 1 is 1.39 bits per heavy atom. The predicted octanol–water partition coefficient (Wildman–Crippen LogP) is 2.67. The second kappa shape index (κ2) is 5.82. The average molecular weight is 262 g/mol. The zero-order chi connectivity index (χ0) is 13.0. The van der Waals surface area contributed by atoms with Crippen molar-refractivity contribution in [1.29, 1.82) is 0 Å². The third-order valence-electron chi connectivity index (χ3n) is 2.50. The smallest absolute Gasteiger partial charge is 0.306 e. The molecule has 18 heavy (non-hydrogen) atoms. The summed E-state index contributed by atoms with van der Waals surface area (Å²) in [4.78, 5) is 19.7. The third-order valence-corrected chi connectivity index (χ3v) is 3.62. The molecule has 1 atom stereocenters. The van der Waals surface area contributed by atoms with Gasteiger partial charge in [-0.05, 0) is 6.07 Å². The molecule has 0 aliphatic rings. The van der Waals surface area contributed by atoms with Crippen molar-refractivity contribution in [3.8, 4) is 0 Å². The maximum Gasteiger partial charge on any atom is 0.306 e. The number of benzene rings is 1. The summed E-state index contributed by atoms with van der Waals surface area (Å²) in [6.07, 6.45) is 1.93. The molecule has 0 N–H and O–H groups in total. The Bertz CT molecular complexity index is 554. The first-order valence-corrected chi connectivity index (χ1v) is 6.52. The van der Waals surface area contributed by atoms with Gasteiger partial charge in [-0.2, -0.15) is 0 Å². The number of aromatic nitrogens is 2. The van der Waals surface area contributed by atoms with Crippen LogP contribution >= 0.6 is 11.8 Å². The van der Waals surface area contributed by atoms with Crippen LogP contribution in [0.2, 0.25) is 0 Å². The van der Waals surface area contributed by atoms with Gasteiger partial charge >= 0.3 is 5.97 Å². The maximum absolute atomic E-state index is 11.2. The highest BCUT2D eigenvalue weighted by Gasteiger charge is 2.13. The lowest BCUT2D eigenvalue weighted by Crippen LogP contribution is -2.08. The Morgan fingerprint density at radius 3 is 2.94 bits per heavy atom. The number of nitrogens with zero attached hydrogens (tertiary/aromatic N) is 2. The lowest BCUT2D eigenvalue weighted by molar-refractivity contribution is -0.140. The highest BCUT2D eigenvalue weighted by atomic mass is 32.2. The van der Waals surface area contributed by atoms with Crippen LogP contribution in [-0.2, 0) is 9.53 Å². The molecule has 0 saturated heterocycles. The van der Waals surface area contributed by atoms with E-state index in [2.05, 4.69) is 14.7 Å². The van der Waals surface area contributed by atoms with E-state index in [0.29, 0.717) is 6.42 Å². The largest absolute Gasteiger partial charge is 0.469 e. The van der Waals surface area contributed by atoms with Gasteiger partial charge in [-0.15, -0.1) is 11.8 Å². The van der Waals surface area contributed by atoms with Crippen LogP contribution in [0.4, 0.5) is 0 Å². The summed E-state index contributed by atoms with van der Waals surface area (Å²) >= 11 is 1.56. The Kier molecular flexibility index (Phi) is 4.15. The molecule has 94 valence electrons. The van der Waals surface area contributed by atoms with Gasteiger partial charge in [-0.25, -0.2) is 9.97 Å². The van der Waals surface area contributed by atoms with Crippen LogP contribution in [0.15, 0.2) is 35.6 Å². The molecule has 0 aliphatic heterocycles. The molecular formula is C13H14N2O2S. The van der Waals surface area contributed by atoms with Crippen molar-refractivity contribution < 1.29 is 9.53 Å². The van der Waals surface area contributed by atoms with Crippen molar-refractivity contribution >= 4 is 28.6 Å². The van der Waals surface area contributed by atoms with Crippen molar-refractivity contribution in [1.82, 2.24) is 9.97 Å². The first-order valence-electron chi connectivity index (χ1n) is 5.64. The molecule has 2 aromatic rings. The minimum Gasteiger partial charge on any atom is -0.469 e. The fourth-order valence-electron chi connectivity index (χ4n) is 1.62. The van der Waals surface area contributed by atoms with Crippen molar-refractivity contribution in [3.63, 3.8) is 0 Å². The van der Waals surface area contributed by atoms with Crippen LogP contribution < -0.4 is 0 Å². The van der Waals surface area contributed by atoms with Crippen LogP contribution in [0.5, 0.6) is 0 Å². The van der Waals surface area contributed by atoms with E-state index < -0.39 is 0 Å². The van der Waals surface area contributed by atoms with Gasteiger partial charge in [0.2, 0.25) is 0 Å². The number of ether oxygens (including phenoxy) is 1. The molecule has 0 aliphatic carbocycles. The van der Waals surface area contributed by atoms with Gasteiger partial charge in [-0.1, -0.05) is 25.1 Å². The first-order chi connectivity index (χ1) is 8.70. The number of esters is 1. The van der Waals surface area contributed by atoms with E-state index in [1.54, 1.807) is 18.1 Å². The summed E-state index contributed by atoms with van der Waals surface area (Å²) in [5, 5.41) is 2.04. The Hall–Kier alpha value is -1.62. The van der Waals surface area contributed by atoms with Crippen molar-refractivity contribution in [2.45, 2.75) is 23.6 Å². The number of fused-ring (bicyclic) bond motifs is 1. The van der Waals surface area contributed by atoms with Gasteiger partial charge in [0, 0.05) is 10.6 Å². The minimum absolute atomic E-state index is 0.121. The molecule has 0 bridgehead atoms. The standard InChI is InChI=1S/C13H14N2O2S/c1-9(7-12(16)17-2)18-13-10-5-3-4-6-11(10)14-8-15-13/h3-6,8-9H,7H2,1-2H3. The number of thioether (sulfide) groups is 1. The molecule has 0 radical (unpaired) electrons. The molecule has 5 heteroatoms. The van der Waals surface area contributed by atoms with Crippen molar-refractivity contribution in [2.24, 2.45) is 0 Å². The molecule has 0 fully saturated rings. The van der Waals surface area contributed by atoms with Crippen LogP contribution in [0.3, 0.4) is 0 Å². The first kappa shape index (κ1) is 12.8. The second-order valence-corrected chi connectivity index (χ2v) is 5.33. The lowest BCUT2D eigenvalue weighted by Gasteiger charge is -2.10. The molecule has 4 nitrogen and oxygen atoms in total. The van der Waals surface area contributed by atoms with E-state index in [0.717, 1.165) is 15.9 Å². The molecule has 1 unspecified atom stereocenters. The summed E-state index contributed by atoms with van der Waals surface area (Å²) < 4.78 is 4.66. The molecule has 0 saturated carbocycles. The Balaban J connectivity index is 2.19. The number of carbonyl (C=O) groups is 1. The monoisotopic (exact) mass is 262 g/mol. The maximum atomic E-state index is 11.2. The number of hydrogen-bond donors (Lipinski definition) is 0. The zero-order valence-corrected chi connectivity index (χ0v) is 11.1. The van der Waals surface area contributed by atoms with E-state index in [1.807, 2.05) is 31.2 Å². The second-order valence-electron chi connectivity index (χ2n) is 3.90. The molecule has 0 spiro atoms. The van der Waals surface area contributed by atoms with Crippen LogP contribution in [0.25, 0.3) is 10.9 Å². The van der Waals surface area contributed by atoms with Crippen LogP contribution in [0.1, 0.15) is 13.3 Å². The SMILES string of the molecule is COC(=O)CC(C)Sc1ncnc2ccccc12. The summed E-state index contributed by atoms with van der Waals surface area (Å²) in [5.74, 6) is -0.201. The summed E-state index contributed by atoms with van der Waals surface area (Å²) in [6, 6.07) is 7.84. The zero-order valence-electron chi connectivity index (χ0n) is 10.3. The molecule has 1 aromatic heterocycles. The van der Waals surface area contributed by atoms with Crippen LogP contribution in [0, 0.1) is 0 Å². The summed E-state index contributed by atoms with van der Waals surface area (Å²) in [5.41, 5.74) is 0.917. The minimum atomic E-state index is -0.201. The van der Waals surface area contributed by atoms with E-state index in [1.165, 1.54) is 7.11 Å². The third kappa shape index (κ3) is 2.98. The van der Waals surface area contributed by atoms with Gasteiger partial charge in [0.05, 0.1) is 19.0 Å². The Labute approximate surface area is 110 Å². The van der Waals surface area contributed by atoms with Gasteiger partial charge in [0.1, 0.15) is 11.4 Å². The van der Waals surface area contributed by atoms with Gasteiger partial charge in [-0.3, -0.25) is 4.79 Å². The molecule has 2 rings (SSSR count). The van der Waals surface area contributed by atoms with E-state index >= 15 is 0 Å². The predicted molar refractivity (Wildman–Crippen MR) is 71.5 cm³/mol.